The van der Waals surface area contributed by atoms with Crippen LogP contribution in [0.1, 0.15) is 34.5 Å². The molecule has 0 radical (unpaired) electrons. The Morgan fingerprint density at radius 2 is 1.93 bits per heavy atom. The van der Waals surface area contributed by atoms with Crippen molar-refractivity contribution in [1.29, 1.82) is 0 Å². The van der Waals surface area contributed by atoms with Crippen LogP contribution in [-0.2, 0) is 11.3 Å². The Morgan fingerprint density at radius 3 is 2.63 bits per heavy atom. The van der Waals surface area contributed by atoms with Crippen molar-refractivity contribution in [3.05, 3.63) is 71.9 Å². The fourth-order valence-electron chi connectivity index (χ4n) is 3.55. The molecule has 1 N–H and O–H groups in total. The number of carbonyl (C=O) groups is 1. The highest BCUT2D eigenvalue weighted by Crippen LogP contribution is 2.31. The smallest absolute Gasteiger partial charge is 0.254 e. The number of hydrogen-bond acceptors (Lipinski definition) is 7. The molecule has 1 aliphatic heterocycles. The minimum atomic E-state index is -0.406. The average Bonchev–Trinajstić information content (AvgIpc) is 3.42. The zero-order valence-corrected chi connectivity index (χ0v) is 16.6. The van der Waals surface area contributed by atoms with Crippen LogP contribution in [0.25, 0.3) is 11.1 Å². The number of benzene rings is 2. The normalized spacial score (nSPS) is 17.5. The van der Waals surface area contributed by atoms with Gasteiger partial charge in [0.1, 0.15) is 13.2 Å². The van der Waals surface area contributed by atoms with E-state index < -0.39 is 6.04 Å². The number of likely N-dealkylation sites (tertiary alicyclic amines) is 1. The summed E-state index contributed by atoms with van der Waals surface area (Å²) in [5.74, 6) is 0.590. The lowest BCUT2D eigenvalue weighted by Gasteiger charge is -2.21. The minimum Gasteiger partial charge on any atom is -0.399 e. The number of rotatable bonds is 6. The van der Waals surface area contributed by atoms with Gasteiger partial charge in [-0.2, -0.15) is 4.98 Å². The zero-order valence-electron chi connectivity index (χ0n) is 16.6. The van der Waals surface area contributed by atoms with E-state index in [9.17, 15) is 4.79 Å². The molecule has 2 aromatic carbocycles. The summed E-state index contributed by atoms with van der Waals surface area (Å²) in [6.45, 7) is 0.237. The van der Waals surface area contributed by atoms with Crippen LogP contribution in [0.4, 0.5) is 0 Å². The fourth-order valence-corrected chi connectivity index (χ4v) is 3.55. The van der Waals surface area contributed by atoms with Gasteiger partial charge in [0.2, 0.25) is 5.89 Å². The summed E-state index contributed by atoms with van der Waals surface area (Å²) < 4.78 is 5.18. The molecule has 1 aliphatic rings. The van der Waals surface area contributed by atoms with Crippen molar-refractivity contribution in [1.82, 2.24) is 15.0 Å². The molecular weight excluding hydrogens is 384 g/mol. The second-order valence-corrected chi connectivity index (χ2v) is 6.96. The average molecular weight is 406 g/mol. The predicted molar refractivity (Wildman–Crippen MR) is 110 cm³/mol. The molecule has 2 heterocycles. The minimum absolute atomic E-state index is 0.0842. The maximum atomic E-state index is 13.3. The quantitative estimate of drug-likeness (QED) is 0.632. The van der Waals surface area contributed by atoms with Crippen molar-refractivity contribution >= 4 is 11.6 Å². The van der Waals surface area contributed by atoms with Crippen molar-refractivity contribution in [2.45, 2.75) is 18.9 Å². The van der Waals surface area contributed by atoms with Crippen LogP contribution in [0.2, 0.25) is 0 Å². The zero-order chi connectivity index (χ0) is 20.9. The largest absolute Gasteiger partial charge is 0.399 e. The van der Waals surface area contributed by atoms with E-state index in [2.05, 4.69) is 15.3 Å². The molecule has 30 heavy (non-hydrogen) atoms. The first-order valence-corrected chi connectivity index (χ1v) is 9.68. The number of oxime groups is 1. The summed E-state index contributed by atoms with van der Waals surface area (Å²) in [5, 5.41) is 17.1. The van der Waals surface area contributed by atoms with E-state index in [0.717, 1.165) is 16.8 Å². The number of nitrogens with zero attached hydrogens (tertiary/aromatic N) is 4. The Kier molecular flexibility index (Phi) is 5.85. The molecular formula is C22H22N4O4. The highest BCUT2D eigenvalue weighted by Gasteiger charge is 2.37. The van der Waals surface area contributed by atoms with Gasteiger partial charge >= 0.3 is 0 Å². The van der Waals surface area contributed by atoms with E-state index in [1.165, 1.54) is 7.11 Å². The van der Waals surface area contributed by atoms with E-state index in [0.29, 0.717) is 30.2 Å². The molecule has 0 aliphatic carbocycles. The molecule has 0 saturated carbocycles. The standard InChI is InChI=1S/C22H22N4O4/c1-29-24-18-13-19(21-23-20(11-12-27)30-25-21)26(14-18)22(28)17-9-7-16(8-10-17)15-5-3-2-4-6-15/h2-10,19,27H,11-14H2,1H3/b24-18+. The van der Waals surface area contributed by atoms with Gasteiger partial charge in [-0.3, -0.25) is 4.79 Å². The van der Waals surface area contributed by atoms with E-state index in [4.69, 9.17) is 14.5 Å². The number of amides is 1. The first-order valence-electron chi connectivity index (χ1n) is 9.68. The van der Waals surface area contributed by atoms with Gasteiger partial charge in [0.25, 0.3) is 5.91 Å². The van der Waals surface area contributed by atoms with Gasteiger partial charge in [0.15, 0.2) is 5.82 Å². The predicted octanol–water partition coefficient (Wildman–Crippen LogP) is 2.86. The van der Waals surface area contributed by atoms with Crippen LogP contribution in [0.3, 0.4) is 0 Å². The van der Waals surface area contributed by atoms with E-state index in [1.807, 2.05) is 54.6 Å². The van der Waals surface area contributed by atoms with E-state index in [-0.39, 0.29) is 18.9 Å². The van der Waals surface area contributed by atoms with Crippen LogP contribution in [0.15, 0.2) is 64.3 Å². The first kappa shape index (κ1) is 19.8. The summed E-state index contributed by atoms with van der Waals surface area (Å²) in [6.07, 6.45) is 0.730. The van der Waals surface area contributed by atoms with Crippen molar-refractivity contribution in [3.8, 4) is 11.1 Å². The van der Waals surface area contributed by atoms with Crippen LogP contribution in [-0.4, -0.2) is 52.0 Å². The van der Waals surface area contributed by atoms with E-state index in [1.54, 1.807) is 4.90 Å². The third-order valence-corrected chi connectivity index (χ3v) is 4.99. The van der Waals surface area contributed by atoms with Crippen LogP contribution < -0.4 is 0 Å². The number of carbonyl (C=O) groups excluding carboxylic acids is 1. The number of aromatic nitrogens is 2. The lowest BCUT2D eigenvalue weighted by molar-refractivity contribution is 0.0732. The molecule has 1 atom stereocenters. The molecule has 8 heteroatoms. The number of aliphatic hydroxyl groups excluding tert-OH is 1. The monoisotopic (exact) mass is 406 g/mol. The van der Waals surface area contributed by atoms with Gasteiger partial charge in [-0.1, -0.05) is 52.8 Å². The van der Waals surface area contributed by atoms with Crippen LogP contribution in [0.5, 0.6) is 0 Å². The first-order chi connectivity index (χ1) is 14.7. The third-order valence-electron chi connectivity index (χ3n) is 4.99. The fraction of sp³-hybridized carbons (Fsp3) is 0.273. The maximum absolute atomic E-state index is 13.3. The van der Waals surface area contributed by atoms with Crippen LogP contribution >= 0.6 is 0 Å². The van der Waals surface area contributed by atoms with Gasteiger partial charge in [0.05, 0.1) is 25.3 Å². The van der Waals surface area contributed by atoms with Crippen molar-refractivity contribution < 1.29 is 19.3 Å². The molecule has 0 spiro atoms. The second-order valence-electron chi connectivity index (χ2n) is 6.96. The summed E-state index contributed by atoms with van der Waals surface area (Å²) in [5.41, 5.74) is 3.43. The Morgan fingerprint density at radius 1 is 1.20 bits per heavy atom. The highest BCUT2D eigenvalue weighted by atomic mass is 16.6. The number of aliphatic hydroxyl groups is 1. The highest BCUT2D eigenvalue weighted by molar-refractivity contribution is 6.00. The van der Waals surface area contributed by atoms with Gasteiger partial charge in [0, 0.05) is 12.0 Å². The molecule has 1 fully saturated rings. The molecule has 154 valence electrons. The Labute approximate surface area is 173 Å². The Hall–Kier alpha value is -3.52. The maximum Gasteiger partial charge on any atom is 0.254 e. The summed E-state index contributed by atoms with van der Waals surface area (Å²) in [7, 11) is 1.47. The van der Waals surface area contributed by atoms with Crippen molar-refractivity contribution in [3.63, 3.8) is 0 Å². The van der Waals surface area contributed by atoms with Crippen molar-refractivity contribution in [2.75, 3.05) is 20.3 Å². The Bertz CT molecular complexity index is 1030. The van der Waals surface area contributed by atoms with Crippen molar-refractivity contribution in [2.24, 2.45) is 5.16 Å². The molecule has 8 nitrogen and oxygen atoms in total. The number of hydrogen-bond donors (Lipinski definition) is 1. The summed E-state index contributed by atoms with van der Waals surface area (Å²) in [4.78, 5) is 24.2. The third kappa shape index (κ3) is 4.08. The van der Waals surface area contributed by atoms with Gasteiger partial charge < -0.3 is 19.4 Å². The SMILES string of the molecule is CO/N=C1\CC(c2noc(CCO)n2)N(C(=O)c2ccc(-c3ccccc3)cc2)C1. The molecule has 0 bridgehead atoms. The topological polar surface area (TPSA) is 101 Å². The molecule has 3 aromatic rings. The van der Waals surface area contributed by atoms with Gasteiger partial charge in [-0.15, -0.1) is 0 Å². The lowest BCUT2D eigenvalue weighted by Crippen LogP contribution is -2.31. The molecule has 1 saturated heterocycles. The summed E-state index contributed by atoms with van der Waals surface area (Å²) >= 11 is 0. The van der Waals surface area contributed by atoms with Gasteiger partial charge in [-0.25, -0.2) is 0 Å². The Balaban J connectivity index is 1.59. The molecule has 1 amide bonds. The second kappa shape index (κ2) is 8.87. The molecule has 1 aromatic heterocycles. The molecule has 4 rings (SSSR count). The molecule has 1 unspecified atom stereocenters. The van der Waals surface area contributed by atoms with E-state index >= 15 is 0 Å². The van der Waals surface area contributed by atoms with Crippen LogP contribution in [0, 0.1) is 0 Å². The summed E-state index contributed by atoms with van der Waals surface area (Å²) in [6, 6.07) is 17.1. The van der Waals surface area contributed by atoms with Gasteiger partial charge in [-0.05, 0) is 23.3 Å². The lowest BCUT2D eigenvalue weighted by atomic mass is 10.0.